The molecule has 6 nitrogen and oxygen atoms in total. The van der Waals surface area contributed by atoms with E-state index in [9.17, 15) is 4.79 Å². The Hall–Kier alpha value is -2.21. The summed E-state index contributed by atoms with van der Waals surface area (Å²) in [5.74, 6) is -0.168. The molecule has 1 aliphatic rings. The molecule has 6 heteroatoms. The Balaban J connectivity index is 1.73. The number of aromatic amines is 1. The summed E-state index contributed by atoms with van der Waals surface area (Å²) < 4.78 is 5.68. The number of hydrogen-bond donors (Lipinski definition) is 2. The van der Waals surface area contributed by atoms with Gasteiger partial charge in [0.25, 0.3) is 5.91 Å². The number of nitrogens with one attached hydrogen (secondary N) is 2. The average Bonchev–Trinajstić information content (AvgIpc) is 3.12. The van der Waals surface area contributed by atoms with Crippen LogP contribution in [-0.2, 0) is 4.74 Å². The molecule has 0 aromatic carbocycles. The molecule has 1 fully saturated rings. The van der Waals surface area contributed by atoms with Crippen molar-refractivity contribution in [2.45, 2.75) is 32.4 Å². The summed E-state index contributed by atoms with van der Waals surface area (Å²) in [6.45, 7) is 4.57. The van der Waals surface area contributed by atoms with Crippen LogP contribution in [-0.4, -0.2) is 33.7 Å². The van der Waals surface area contributed by atoms with Gasteiger partial charge < -0.3 is 10.1 Å². The maximum Gasteiger partial charge on any atom is 0.270 e. The molecule has 110 valence electrons. The molecular weight excluding hydrogens is 268 g/mol. The molecule has 0 unspecified atom stereocenters. The van der Waals surface area contributed by atoms with E-state index in [0.29, 0.717) is 12.3 Å². The van der Waals surface area contributed by atoms with Crippen molar-refractivity contribution >= 4 is 5.91 Å². The van der Waals surface area contributed by atoms with Crippen LogP contribution in [0.15, 0.2) is 24.5 Å². The van der Waals surface area contributed by atoms with Crippen molar-refractivity contribution in [3.05, 3.63) is 47.0 Å². The largest absolute Gasteiger partial charge is 0.370 e. The number of H-pyrrole nitrogens is 1. The van der Waals surface area contributed by atoms with Crippen LogP contribution in [0.4, 0.5) is 0 Å². The van der Waals surface area contributed by atoms with Gasteiger partial charge in [-0.15, -0.1) is 0 Å². The van der Waals surface area contributed by atoms with Crippen LogP contribution >= 0.6 is 0 Å². The third-order valence-corrected chi connectivity index (χ3v) is 3.84. The van der Waals surface area contributed by atoms with Crippen molar-refractivity contribution < 1.29 is 9.53 Å². The monoisotopic (exact) mass is 286 g/mol. The second-order valence-electron chi connectivity index (χ2n) is 5.33. The standard InChI is InChI=1S/C15H18N4O2/c1-9-7-13(16-8-10(9)2)15(20)18-11-4-6-21-14(11)12-3-5-17-19-12/h3,5,7-8,11,14H,4,6H2,1-2H3,(H,17,19)(H,18,20)/t11-,14-/m0/s1. The molecule has 1 saturated heterocycles. The lowest BCUT2D eigenvalue weighted by Crippen LogP contribution is -2.37. The number of ether oxygens (including phenoxy) is 1. The lowest BCUT2D eigenvalue weighted by Gasteiger charge is -2.18. The predicted molar refractivity (Wildman–Crippen MR) is 76.9 cm³/mol. The van der Waals surface area contributed by atoms with Crippen LogP contribution in [0, 0.1) is 13.8 Å². The van der Waals surface area contributed by atoms with Crippen LogP contribution in [0.2, 0.25) is 0 Å². The van der Waals surface area contributed by atoms with Crippen LogP contribution in [0.5, 0.6) is 0 Å². The van der Waals surface area contributed by atoms with E-state index in [2.05, 4.69) is 20.5 Å². The molecule has 2 aromatic rings. The molecule has 0 bridgehead atoms. The first-order valence-corrected chi connectivity index (χ1v) is 7.00. The number of nitrogens with zero attached hydrogens (tertiary/aromatic N) is 2. The van der Waals surface area contributed by atoms with Gasteiger partial charge in [0.1, 0.15) is 11.8 Å². The Morgan fingerprint density at radius 3 is 3.00 bits per heavy atom. The van der Waals surface area contributed by atoms with E-state index in [4.69, 9.17) is 4.74 Å². The first kappa shape index (κ1) is 13.8. The van der Waals surface area contributed by atoms with Crippen molar-refractivity contribution in [3.8, 4) is 0 Å². The van der Waals surface area contributed by atoms with E-state index < -0.39 is 0 Å². The minimum atomic E-state index is -0.178. The summed E-state index contributed by atoms with van der Waals surface area (Å²) in [5, 5.41) is 9.83. The first-order valence-electron chi connectivity index (χ1n) is 7.00. The highest BCUT2D eigenvalue weighted by Gasteiger charge is 2.32. The highest BCUT2D eigenvalue weighted by atomic mass is 16.5. The second kappa shape index (κ2) is 5.65. The van der Waals surface area contributed by atoms with Gasteiger partial charge in [-0.3, -0.25) is 14.9 Å². The number of pyridine rings is 1. The van der Waals surface area contributed by atoms with Gasteiger partial charge in [0.2, 0.25) is 0 Å². The molecule has 3 heterocycles. The topological polar surface area (TPSA) is 79.9 Å². The van der Waals surface area contributed by atoms with Crippen molar-refractivity contribution in [2.75, 3.05) is 6.61 Å². The SMILES string of the molecule is Cc1cnc(C(=O)N[C@H]2CCO[C@@H]2c2ccn[nH]2)cc1C. The lowest BCUT2D eigenvalue weighted by molar-refractivity contribution is 0.0804. The maximum atomic E-state index is 12.3. The van der Waals surface area contributed by atoms with E-state index in [-0.39, 0.29) is 18.1 Å². The number of aryl methyl sites for hydroxylation is 2. The average molecular weight is 286 g/mol. The van der Waals surface area contributed by atoms with E-state index in [1.807, 2.05) is 26.0 Å². The number of hydrogen-bond acceptors (Lipinski definition) is 4. The number of carbonyl (C=O) groups excluding carboxylic acids is 1. The Bertz CT molecular complexity index is 639. The van der Waals surface area contributed by atoms with Crippen LogP contribution < -0.4 is 5.32 Å². The number of aromatic nitrogens is 3. The van der Waals surface area contributed by atoms with Crippen molar-refractivity contribution in [1.29, 1.82) is 0 Å². The zero-order chi connectivity index (χ0) is 14.8. The fraction of sp³-hybridized carbons (Fsp3) is 0.400. The predicted octanol–water partition coefficient (Wildman–Crippen LogP) is 1.68. The summed E-state index contributed by atoms with van der Waals surface area (Å²) in [4.78, 5) is 16.5. The first-order chi connectivity index (χ1) is 10.1. The quantitative estimate of drug-likeness (QED) is 0.899. The Labute approximate surface area is 122 Å². The van der Waals surface area contributed by atoms with Gasteiger partial charge >= 0.3 is 0 Å². The molecule has 1 aliphatic heterocycles. The van der Waals surface area contributed by atoms with Gasteiger partial charge in [0.15, 0.2) is 0 Å². The molecule has 2 N–H and O–H groups in total. The van der Waals surface area contributed by atoms with E-state index in [0.717, 1.165) is 23.2 Å². The summed E-state index contributed by atoms with van der Waals surface area (Å²) in [6.07, 6.45) is 4.01. The van der Waals surface area contributed by atoms with Crippen molar-refractivity contribution in [2.24, 2.45) is 0 Å². The normalized spacial score (nSPS) is 21.4. The number of rotatable bonds is 3. The zero-order valence-corrected chi connectivity index (χ0v) is 12.1. The molecule has 0 aliphatic carbocycles. The van der Waals surface area contributed by atoms with Crippen molar-refractivity contribution in [3.63, 3.8) is 0 Å². The van der Waals surface area contributed by atoms with Gasteiger partial charge in [-0.25, -0.2) is 0 Å². The lowest BCUT2D eigenvalue weighted by atomic mass is 10.1. The maximum absolute atomic E-state index is 12.3. The Morgan fingerprint density at radius 2 is 2.29 bits per heavy atom. The molecule has 2 atom stereocenters. The van der Waals surface area contributed by atoms with Crippen LogP contribution in [0.3, 0.4) is 0 Å². The number of amides is 1. The summed E-state index contributed by atoms with van der Waals surface area (Å²) in [7, 11) is 0. The third kappa shape index (κ3) is 2.80. The van der Waals surface area contributed by atoms with Gasteiger partial charge in [-0.1, -0.05) is 0 Å². The highest BCUT2D eigenvalue weighted by Crippen LogP contribution is 2.27. The van der Waals surface area contributed by atoms with Crippen molar-refractivity contribution in [1.82, 2.24) is 20.5 Å². The summed E-state index contributed by atoms with van der Waals surface area (Å²) in [6, 6.07) is 3.61. The molecule has 2 aromatic heterocycles. The van der Waals surface area contributed by atoms with E-state index in [1.54, 1.807) is 12.4 Å². The minimum Gasteiger partial charge on any atom is -0.370 e. The molecule has 1 amide bonds. The molecule has 0 saturated carbocycles. The van der Waals surface area contributed by atoms with Gasteiger partial charge in [-0.2, -0.15) is 5.10 Å². The van der Waals surface area contributed by atoms with E-state index in [1.165, 1.54) is 0 Å². The minimum absolute atomic E-state index is 0.0682. The van der Waals surface area contributed by atoms with Gasteiger partial charge in [0.05, 0.1) is 11.7 Å². The summed E-state index contributed by atoms with van der Waals surface area (Å²) >= 11 is 0. The van der Waals surface area contributed by atoms with Gasteiger partial charge in [-0.05, 0) is 43.5 Å². The molecule has 0 spiro atoms. The Morgan fingerprint density at radius 1 is 1.43 bits per heavy atom. The molecular formula is C15H18N4O2. The number of carbonyl (C=O) groups is 1. The molecule has 3 rings (SSSR count). The smallest absolute Gasteiger partial charge is 0.270 e. The molecule has 0 radical (unpaired) electrons. The van der Waals surface area contributed by atoms with E-state index >= 15 is 0 Å². The van der Waals surface area contributed by atoms with Crippen LogP contribution in [0.25, 0.3) is 0 Å². The highest BCUT2D eigenvalue weighted by molar-refractivity contribution is 5.92. The van der Waals surface area contributed by atoms with Crippen LogP contribution in [0.1, 0.15) is 39.8 Å². The third-order valence-electron chi connectivity index (χ3n) is 3.84. The zero-order valence-electron chi connectivity index (χ0n) is 12.1. The fourth-order valence-electron chi connectivity index (χ4n) is 2.46. The second-order valence-corrected chi connectivity index (χ2v) is 5.33. The Kier molecular flexibility index (Phi) is 3.70. The molecule has 21 heavy (non-hydrogen) atoms. The fourth-order valence-corrected chi connectivity index (χ4v) is 2.46. The van der Waals surface area contributed by atoms with Gasteiger partial charge in [0, 0.05) is 19.0 Å². The summed E-state index contributed by atoms with van der Waals surface area (Å²) in [5.41, 5.74) is 3.45.